The second kappa shape index (κ2) is 4.36. The van der Waals surface area contributed by atoms with Crippen molar-refractivity contribution in [3.63, 3.8) is 0 Å². The summed E-state index contributed by atoms with van der Waals surface area (Å²) in [6.45, 7) is 6.72. The summed E-state index contributed by atoms with van der Waals surface area (Å²) >= 11 is 1.92. The lowest BCUT2D eigenvalue weighted by Gasteiger charge is -2.30. The predicted molar refractivity (Wildman–Crippen MR) is 68.5 cm³/mol. The molecule has 0 spiro atoms. The van der Waals surface area contributed by atoms with Gasteiger partial charge in [0.05, 0.1) is 6.04 Å². The molecule has 2 aliphatic rings. The summed E-state index contributed by atoms with van der Waals surface area (Å²) < 4.78 is 0. The van der Waals surface area contributed by atoms with Crippen molar-refractivity contribution in [3.8, 4) is 0 Å². The molecule has 3 heteroatoms. The number of nitrogens with one attached hydrogen (secondary N) is 1. The molecular weight excluding hydrogens is 204 g/mol. The van der Waals surface area contributed by atoms with Gasteiger partial charge >= 0.3 is 0 Å². The molecule has 86 valence electrons. The van der Waals surface area contributed by atoms with Gasteiger partial charge in [0, 0.05) is 11.3 Å². The maximum atomic E-state index is 4.85. The molecule has 15 heavy (non-hydrogen) atoms. The molecule has 0 amide bonds. The third kappa shape index (κ3) is 2.68. The van der Waals surface area contributed by atoms with Crippen molar-refractivity contribution >= 4 is 16.9 Å². The van der Waals surface area contributed by atoms with Crippen LogP contribution in [0, 0.1) is 5.92 Å². The van der Waals surface area contributed by atoms with E-state index in [0.29, 0.717) is 6.04 Å². The maximum absolute atomic E-state index is 4.85. The van der Waals surface area contributed by atoms with E-state index in [2.05, 4.69) is 26.1 Å². The summed E-state index contributed by atoms with van der Waals surface area (Å²) in [4.78, 5) is 4.85. The molecule has 1 N–H and O–H groups in total. The Morgan fingerprint density at radius 2 is 2.27 bits per heavy atom. The molecule has 0 aromatic carbocycles. The van der Waals surface area contributed by atoms with Crippen LogP contribution in [-0.2, 0) is 0 Å². The highest BCUT2D eigenvalue weighted by atomic mass is 32.2. The predicted octanol–water partition coefficient (Wildman–Crippen LogP) is 3.04. The average molecular weight is 226 g/mol. The van der Waals surface area contributed by atoms with Crippen molar-refractivity contribution in [2.75, 3.05) is 5.75 Å². The maximum Gasteiger partial charge on any atom is 0.157 e. The van der Waals surface area contributed by atoms with E-state index in [1.807, 2.05) is 11.8 Å². The standard InChI is InChI=1S/C12H22N2S/c1-4-12(2,3)14-11-13-10-7-5-6-9(10)8-15-11/h9-10H,4-8H2,1-3H3,(H,13,14). The van der Waals surface area contributed by atoms with Crippen LogP contribution in [0.15, 0.2) is 4.99 Å². The van der Waals surface area contributed by atoms with E-state index >= 15 is 0 Å². The van der Waals surface area contributed by atoms with Gasteiger partial charge in [-0.25, -0.2) is 0 Å². The topological polar surface area (TPSA) is 24.4 Å². The summed E-state index contributed by atoms with van der Waals surface area (Å²) in [5.41, 5.74) is 0.192. The fraction of sp³-hybridized carbons (Fsp3) is 0.917. The zero-order valence-corrected chi connectivity index (χ0v) is 10.9. The lowest BCUT2D eigenvalue weighted by molar-refractivity contribution is 0.443. The van der Waals surface area contributed by atoms with Gasteiger partial charge in [0.1, 0.15) is 0 Å². The number of hydrogen-bond donors (Lipinski definition) is 1. The summed E-state index contributed by atoms with van der Waals surface area (Å²) in [6, 6.07) is 0.626. The summed E-state index contributed by atoms with van der Waals surface area (Å²) in [5.74, 6) is 2.14. The Balaban J connectivity index is 1.99. The number of amidine groups is 1. The van der Waals surface area contributed by atoms with E-state index in [-0.39, 0.29) is 5.54 Å². The van der Waals surface area contributed by atoms with Gasteiger partial charge in [-0.1, -0.05) is 25.1 Å². The van der Waals surface area contributed by atoms with Gasteiger partial charge in [-0.05, 0) is 39.0 Å². The fourth-order valence-corrected chi connectivity index (χ4v) is 3.52. The smallest absolute Gasteiger partial charge is 0.157 e. The van der Waals surface area contributed by atoms with Gasteiger partial charge in [-0.15, -0.1) is 0 Å². The van der Waals surface area contributed by atoms with Crippen LogP contribution >= 0.6 is 11.8 Å². The Hall–Kier alpha value is -0.180. The Morgan fingerprint density at radius 1 is 1.47 bits per heavy atom. The minimum absolute atomic E-state index is 0.192. The van der Waals surface area contributed by atoms with Gasteiger partial charge in [0.15, 0.2) is 5.17 Å². The number of rotatable bonds is 2. The first-order valence-corrected chi connectivity index (χ1v) is 7.08. The molecule has 1 saturated carbocycles. The SMILES string of the molecule is CCC(C)(C)NC1=NC2CCCC2CS1. The Labute approximate surface area is 97.3 Å². The highest BCUT2D eigenvalue weighted by Crippen LogP contribution is 2.35. The van der Waals surface area contributed by atoms with Crippen LogP contribution in [0.4, 0.5) is 0 Å². The molecule has 0 aromatic heterocycles. The Morgan fingerprint density at radius 3 is 3.00 bits per heavy atom. The molecule has 0 saturated heterocycles. The highest BCUT2D eigenvalue weighted by Gasteiger charge is 2.32. The second-order valence-corrected chi connectivity index (χ2v) is 6.37. The number of nitrogens with zero attached hydrogens (tertiary/aromatic N) is 1. The van der Waals surface area contributed by atoms with Gasteiger partial charge in [-0.2, -0.15) is 0 Å². The molecule has 1 heterocycles. The molecule has 1 fully saturated rings. The lowest BCUT2D eigenvalue weighted by atomic mass is 10.0. The average Bonchev–Trinajstić information content (AvgIpc) is 2.64. The third-order valence-electron chi connectivity index (χ3n) is 3.67. The quantitative estimate of drug-likeness (QED) is 0.782. The Kier molecular flexibility index (Phi) is 3.29. The summed E-state index contributed by atoms with van der Waals surface area (Å²) in [5, 5.41) is 4.76. The van der Waals surface area contributed by atoms with Gasteiger partial charge in [0.25, 0.3) is 0 Å². The van der Waals surface area contributed by atoms with Crippen LogP contribution in [0.5, 0.6) is 0 Å². The minimum atomic E-state index is 0.192. The normalized spacial score (nSPS) is 31.0. The van der Waals surface area contributed by atoms with E-state index in [4.69, 9.17) is 4.99 Å². The molecule has 2 rings (SSSR count). The zero-order valence-electron chi connectivity index (χ0n) is 10.0. The number of fused-ring (bicyclic) bond motifs is 1. The monoisotopic (exact) mass is 226 g/mol. The van der Waals surface area contributed by atoms with E-state index < -0.39 is 0 Å². The van der Waals surface area contributed by atoms with Crippen molar-refractivity contribution in [3.05, 3.63) is 0 Å². The minimum Gasteiger partial charge on any atom is -0.360 e. The fourth-order valence-electron chi connectivity index (χ4n) is 2.20. The molecular formula is C12H22N2S. The molecule has 0 bridgehead atoms. The van der Waals surface area contributed by atoms with Crippen LogP contribution in [-0.4, -0.2) is 22.5 Å². The van der Waals surface area contributed by atoms with Gasteiger partial charge < -0.3 is 5.32 Å². The lowest BCUT2D eigenvalue weighted by Crippen LogP contribution is -2.43. The van der Waals surface area contributed by atoms with Crippen molar-refractivity contribution in [1.82, 2.24) is 5.32 Å². The van der Waals surface area contributed by atoms with E-state index in [9.17, 15) is 0 Å². The van der Waals surface area contributed by atoms with Crippen LogP contribution in [0.3, 0.4) is 0 Å². The van der Waals surface area contributed by atoms with E-state index in [0.717, 1.165) is 12.3 Å². The molecule has 1 aliphatic heterocycles. The molecule has 2 nitrogen and oxygen atoms in total. The molecule has 1 aliphatic carbocycles. The van der Waals surface area contributed by atoms with Crippen molar-refractivity contribution in [2.24, 2.45) is 10.9 Å². The number of aliphatic imine (C=N–C) groups is 1. The highest BCUT2D eigenvalue weighted by molar-refractivity contribution is 8.13. The third-order valence-corrected chi connectivity index (χ3v) is 4.74. The molecule has 2 unspecified atom stereocenters. The molecule has 0 aromatic rings. The van der Waals surface area contributed by atoms with E-state index in [1.54, 1.807) is 0 Å². The van der Waals surface area contributed by atoms with Gasteiger partial charge in [-0.3, -0.25) is 4.99 Å². The van der Waals surface area contributed by atoms with Crippen LogP contribution in [0.1, 0.15) is 46.5 Å². The Bertz CT molecular complexity index is 260. The number of hydrogen-bond acceptors (Lipinski definition) is 3. The largest absolute Gasteiger partial charge is 0.360 e. The molecule has 0 radical (unpaired) electrons. The zero-order chi connectivity index (χ0) is 10.9. The first-order valence-electron chi connectivity index (χ1n) is 6.09. The van der Waals surface area contributed by atoms with Crippen molar-refractivity contribution < 1.29 is 0 Å². The van der Waals surface area contributed by atoms with E-state index in [1.165, 1.54) is 30.2 Å². The van der Waals surface area contributed by atoms with Crippen LogP contribution in [0.25, 0.3) is 0 Å². The first-order chi connectivity index (χ1) is 7.11. The van der Waals surface area contributed by atoms with Crippen molar-refractivity contribution in [2.45, 2.75) is 58.0 Å². The van der Waals surface area contributed by atoms with Crippen LogP contribution < -0.4 is 5.32 Å². The second-order valence-electron chi connectivity index (χ2n) is 5.37. The van der Waals surface area contributed by atoms with Crippen LogP contribution in [0.2, 0.25) is 0 Å². The molecule has 2 atom stereocenters. The van der Waals surface area contributed by atoms with Gasteiger partial charge in [0.2, 0.25) is 0 Å². The van der Waals surface area contributed by atoms with Crippen molar-refractivity contribution in [1.29, 1.82) is 0 Å². The summed E-state index contributed by atoms with van der Waals surface area (Å²) in [7, 11) is 0. The first kappa shape index (κ1) is 11.3. The number of thioether (sulfide) groups is 1. The summed E-state index contributed by atoms with van der Waals surface area (Å²) in [6.07, 6.45) is 5.22.